The van der Waals surface area contributed by atoms with E-state index in [1.54, 1.807) is 4.90 Å². The van der Waals surface area contributed by atoms with Crippen molar-refractivity contribution in [1.82, 2.24) is 9.21 Å². The molecule has 0 spiro atoms. The van der Waals surface area contributed by atoms with Gasteiger partial charge in [-0.3, -0.25) is 4.79 Å². The molecule has 0 aliphatic carbocycles. The third-order valence-corrected chi connectivity index (χ3v) is 5.11. The quantitative estimate of drug-likeness (QED) is 0.801. The Kier molecular flexibility index (Phi) is 5.86. The van der Waals surface area contributed by atoms with Crippen LogP contribution in [0.25, 0.3) is 0 Å². The Morgan fingerprint density at radius 2 is 1.81 bits per heavy atom. The number of nitrogens with zero attached hydrogens (tertiary/aromatic N) is 2. The minimum atomic E-state index is -3.80. The highest BCUT2D eigenvalue weighted by Crippen LogP contribution is 2.17. The van der Waals surface area contributed by atoms with Crippen molar-refractivity contribution in [3.8, 4) is 0 Å². The van der Waals surface area contributed by atoms with Gasteiger partial charge in [-0.25, -0.2) is 12.8 Å². The second kappa shape index (κ2) is 7.00. The fourth-order valence-electron chi connectivity index (χ4n) is 1.91. The minimum Gasteiger partial charge on any atom is -0.342 e. The second-order valence-corrected chi connectivity index (χ2v) is 6.78. The summed E-state index contributed by atoms with van der Waals surface area (Å²) in [6.45, 7) is 5.98. The maximum Gasteiger partial charge on any atom is 0.243 e. The highest BCUT2D eigenvalue weighted by Gasteiger charge is 2.24. The van der Waals surface area contributed by atoms with Crippen LogP contribution in [-0.2, 0) is 14.8 Å². The Labute approximate surface area is 125 Å². The molecule has 0 aromatic heterocycles. The second-order valence-electron chi connectivity index (χ2n) is 4.74. The summed E-state index contributed by atoms with van der Waals surface area (Å²) in [6.07, 6.45) is 0. The molecule has 0 unspecified atom stereocenters. The van der Waals surface area contributed by atoms with E-state index in [0.717, 1.165) is 10.4 Å². The van der Waals surface area contributed by atoms with Gasteiger partial charge in [-0.05, 0) is 44.5 Å². The molecule has 0 saturated carbocycles. The molecule has 0 radical (unpaired) electrons. The molecule has 0 saturated heterocycles. The van der Waals surface area contributed by atoms with Crippen LogP contribution in [0.4, 0.5) is 4.39 Å². The van der Waals surface area contributed by atoms with Crippen LogP contribution >= 0.6 is 0 Å². The van der Waals surface area contributed by atoms with E-state index in [9.17, 15) is 17.6 Å². The van der Waals surface area contributed by atoms with E-state index in [4.69, 9.17) is 0 Å². The van der Waals surface area contributed by atoms with Crippen molar-refractivity contribution in [1.29, 1.82) is 0 Å². The number of likely N-dealkylation sites (N-methyl/N-ethyl adjacent to an activating group) is 2. The number of hydrogen-bond acceptors (Lipinski definition) is 3. The SMILES string of the molecule is CCN(CC)C(=O)CN(C)S(=O)(=O)c1ccc(F)c(C)c1. The molecule has 0 aliphatic rings. The zero-order valence-corrected chi connectivity index (χ0v) is 13.6. The van der Waals surface area contributed by atoms with Crippen LogP contribution in [0.3, 0.4) is 0 Å². The van der Waals surface area contributed by atoms with Gasteiger partial charge in [-0.2, -0.15) is 4.31 Å². The number of amides is 1. The Balaban J connectivity index is 2.96. The maximum absolute atomic E-state index is 13.2. The number of benzene rings is 1. The lowest BCUT2D eigenvalue weighted by atomic mass is 10.2. The molecule has 21 heavy (non-hydrogen) atoms. The number of rotatable bonds is 6. The van der Waals surface area contributed by atoms with Gasteiger partial charge in [0.15, 0.2) is 0 Å². The number of carbonyl (C=O) groups excluding carboxylic acids is 1. The van der Waals surface area contributed by atoms with E-state index in [1.807, 2.05) is 13.8 Å². The van der Waals surface area contributed by atoms with Gasteiger partial charge in [-0.1, -0.05) is 0 Å². The smallest absolute Gasteiger partial charge is 0.243 e. The van der Waals surface area contributed by atoms with Gasteiger partial charge in [-0.15, -0.1) is 0 Å². The zero-order chi connectivity index (χ0) is 16.2. The normalized spacial score (nSPS) is 11.7. The van der Waals surface area contributed by atoms with Crippen LogP contribution < -0.4 is 0 Å². The molecule has 1 aromatic carbocycles. The summed E-state index contributed by atoms with van der Waals surface area (Å²) in [5, 5.41) is 0. The first-order valence-electron chi connectivity index (χ1n) is 6.74. The van der Waals surface area contributed by atoms with Crippen molar-refractivity contribution >= 4 is 15.9 Å². The van der Waals surface area contributed by atoms with Gasteiger partial charge in [0.05, 0.1) is 11.4 Å². The highest BCUT2D eigenvalue weighted by atomic mass is 32.2. The van der Waals surface area contributed by atoms with E-state index in [0.29, 0.717) is 13.1 Å². The molecule has 7 heteroatoms. The van der Waals surface area contributed by atoms with Crippen molar-refractivity contribution in [3.05, 3.63) is 29.6 Å². The molecular formula is C14H21FN2O3S. The van der Waals surface area contributed by atoms with E-state index in [2.05, 4.69) is 0 Å². The summed E-state index contributed by atoms with van der Waals surface area (Å²) in [4.78, 5) is 13.5. The van der Waals surface area contributed by atoms with Gasteiger partial charge in [0.1, 0.15) is 5.82 Å². The Hall–Kier alpha value is -1.47. The first-order valence-corrected chi connectivity index (χ1v) is 8.18. The lowest BCUT2D eigenvalue weighted by molar-refractivity contribution is -0.130. The van der Waals surface area contributed by atoms with Crippen LogP contribution in [-0.4, -0.2) is 50.2 Å². The molecule has 0 N–H and O–H groups in total. The van der Waals surface area contributed by atoms with Crippen molar-refractivity contribution in [2.45, 2.75) is 25.7 Å². The summed E-state index contributed by atoms with van der Waals surface area (Å²) in [6, 6.07) is 3.58. The van der Waals surface area contributed by atoms with Crippen molar-refractivity contribution in [3.63, 3.8) is 0 Å². The standard InChI is InChI=1S/C14H21FN2O3S/c1-5-17(6-2)14(18)10-16(4)21(19,20)12-7-8-13(15)11(3)9-12/h7-9H,5-6,10H2,1-4H3. The summed E-state index contributed by atoms with van der Waals surface area (Å²) < 4.78 is 38.9. The monoisotopic (exact) mass is 316 g/mol. The molecule has 118 valence electrons. The fraction of sp³-hybridized carbons (Fsp3) is 0.500. The van der Waals surface area contributed by atoms with Crippen LogP contribution in [0.2, 0.25) is 0 Å². The van der Waals surface area contributed by atoms with E-state index >= 15 is 0 Å². The highest BCUT2D eigenvalue weighted by molar-refractivity contribution is 7.89. The number of aryl methyl sites for hydroxylation is 1. The van der Waals surface area contributed by atoms with Gasteiger partial charge in [0, 0.05) is 20.1 Å². The van der Waals surface area contributed by atoms with Crippen molar-refractivity contribution < 1.29 is 17.6 Å². The zero-order valence-electron chi connectivity index (χ0n) is 12.8. The summed E-state index contributed by atoms with van der Waals surface area (Å²) in [7, 11) is -2.46. The average Bonchev–Trinajstić information content (AvgIpc) is 2.42. The first-order chi connectivity index (χ1) is 9.73. The molecule has 5 nitrogen and oxygen atoms in total. The van der Waals surface area contributed by atoms with E-state index in [1.165, 1.54) is 26.1 Å². The third-order valence-electron chi connectivity index (χ3n) is 3.31. The molecule has 0 bridgehead atoms. The molecule has 0 aliphatic heterocycles. The van der Waals surface area contributed by atoms with E-state index < -0.39 is 15.8 Å². The molecule has 0 atom stereocenters. The first kappa shape index (κ1) is 17.6. The van der Waals surface area contributed by atoms with Gasteiger partial charge < -0.3 is 4.90 Å². The summed E-state index contributed by atoms with van der Waals surface area (Å²) in [5.74, 6) is -0.722. The molecule has 1 amide bonds. The number of carbonyl (C=O) groups is 1. The number of halogens is 1. The maximum atomic E-state index is 13.2. The lowest BCUT2D eigenvalue weighted by Gasteiger charge is -2.23. The minimum absolute atomic E-state index is 0.0174. The Morgan fingerprint density at radius 1 is 1.24 bits per heavy atom. The van der Waals surface area contributed by atoms with Gasteiger partial charge in [0.25, 0.3) is 0 Å². The van der Waals surface area contributed by atoms with Crippen LogP contribution in [0.5, 0.6) is 0 Å². The Morgan fingerprint density at radius 3 is 2.29 bits per heavy atom. The van der Waals surface area contributed by atoms with Crippen molar-refractivity contribution in [2.24, 2.45) is 0 Å². The molecule has 0 fully saturated rings. The Bertz CT molecular complexity index is 613. The van der Waals surface area contributed by atoms with Crippen molar-refractivity contribution in [2.75, 3.05) is 26.7 Å². The van der Waals surface area contributed by atoms with Crippen LogP contribution in [0, 0.1) is 12.7 Å². The van der Waals surface area contributed by atoms with E-state index in [-0.39, 0.29) is 22.9 Å². The average molecular weight is 316 g/mol. The van der Waals surface area contributed by atoms with Gasteiger partial charge in [0.2, 0.25) is 15.9 Å². The number of sulfonamides is 1. The molecule has 1 aromatic rings. The fourth-order valence-corrected chi connectivity index (χ4v) is 3.12. The third kappa shape index (κ3) is 4.01. The molecule has 0 heterocycles. The van der Waals surface area contributed by atoms with Crippen LogP contribution in [0.15, 0.2) is 23.1 Å². The summed E-state index contributed by atoms with van der Waals surface area (Å²) >= 11 is 0. The van der Waals surface area contributed by atoms with Crippen LogP contribution in [0.1, 0.15) is 19.4 Å². The molecular weight excluding hydrogens is 295 g/mol. The topological polar surface area (TPSA) is 57.7 Å². The largest absolute Gasteiger partial charge is 0.342 e. The predicted octanol–water partition coefficient (Wildman–Crippen LogP) is 1.62. The summed E-state index contributed by atoms with van der Waals surface area (Å²) in [5.41, 5.74) is 0.250. The lowest BCUT2D eigenvalue weighted by Crippen LogP contribution is -2.41. The van der Waals surface area contributed by atoms with Gasteiger partial charge >= 0.3 is 0 Å². The predicted molar refractivity (Wildman–Crippen MR) is 78.9 cm³/mol. The molecule has 1 rings (SSSR count). The number of hydrogen-bond donors (Lipinski definition) is 0.